The predicted octanol–water partition coefficient (Wildman–Crippen LogP) is 2.55. The van der Waals surface area contributed by atoms with Gasteiger partial charge in [-0.3, -0.25) is 0 Å². The van der Waals surface area contributed by atoms with Crippen LogP contribution in [0.15, 0.2) is 47.5 Å². The molecule has 0 unspecified atom stereocenters. The summed E-state index contributed by atoms with van der Waals surface area (Å²) >= 11 is 0. The second-order valence-electron chi connectivity index (χ2n) is 4.30. The Morgan fingerprint density at radius 1 is 1.11 bits per heavy atom. The molecule has 0 bridgehead atoms. The van der Waals surface area contributed by atoms with Gasteiger partial charge < -0.3 is 16.0 Å². The molecule has 1 aromatic rings. The molecule has 0 amide bonds. The lowest BCUT2D eigenvalue weighted by atomic mass is 10.1. The molecule has 0 atom stereocenters. The van der Waals surface area contributed by atoms with Gasteiger partial charge in [0.2, 0.25) is 0 Å². The largest absolute Gasteiger partial charge is 0.397 e. The summed E-state index contributed by atoms with van der Waals surface area (Å²) in [5.41, 5.74) is 9.70. The van der Waals surface area contributed by atoms with Crippen molar-refractivity contribution in [2.24, 2.45) is 4.99 Å². The fourth-order valence-corrected chi connectivity index (χ4v) is 1.60. The zero-order valence-electron chi connectivity index (χ0n) is 10.5. The average Bonchev–Trinajstić information content (AvgIpc) is 2.34. The van der Waals surface area contributed by atoms with E-state index in [1.807, 2.05) is 49.3 Å². The van der Waals surface area contributed by atoms with Crippen LogP contribution in [0.1, 0.15) is 0 Å². The third-order valence-electron chi connectivity index (χ3n) is 2.64. The number of nitrogens with one attached hydrogen (secondary N) is 1. The lowest BCUT2D eigenvalue weighted by Gasteiger charge is -2.13. The van der Waals surface area contributed by atoms with Crippen molar-refractivity contribution < 1.29 is 0 Å². The second kappa shape index (κ2) is 4.87. The van der Waals surface area contributed by atoms with Crippen molar-refractivity contribution in [3.05, 3.63) is 42.5 Å². The minimum absolute atomic E-state index is 0.477. The van der Waals surface area contributed by atoms with Crippen molar-refractivity contribution in [3.8, 4) is 0 Å². The van der Waals surface area contributed by atoms with Crippen molar-refractivity contribution in [1.82, 2.24) is 0 Å². The van der Waals surface area contributed by atoms with E-state index in [9.17, 15) is 0 Å². The molecular formula is C14H16N4. The van der Waals surface area contributed by atoms with E-state index in [1.54, 1.807) is 12.2 Å². The molecule has 92 valence electrons. The number of nitrogens with two attached hydrogens (primary N) is 1. The summed E-state index contributed by atoms with van der Waals surface area (Å²) in [6.45, 7) is 0. The minimum atomic E-state index is 0.477. The Hall–Kier alpha value is -2.36. The van der Waals surface area contributed by atoms with Gasteiger partial charge in [0.05, 0.1) is 22.8 Å². The van der Waals surface area contributed by atoms with Crippen LogP contribution < -0.4 is 10.6 Å². The van der Waals surface area contributed by atoms with Gasteiger partial charge in [-0.15, -0.1) is 0 Å². The SMILES string of the molecule is CN(C)c1ccc(N=C2C=CC(=N)C=C2)c(N)c1. The molecule has 4 nitrogen and oxygen atoms in total. The highest BCUT2D eigenvalue weighted by molar-refractivity contribution is 6.18. The van der Waals surface area contributed by atoms with Gasteiger partial charge in [-0.2, -0.15) is 0 Å². The van der Waals surface area contributed by atoms with Crippen molar-refractivity contribution >= 4 is 28.5 Å². The number of nitrogen functional groups attached to an aromatic ring is 1. The first kappa shape index (κ1) is 12.1. The summed E-state index contributed by atoms with van der Waals surface area (Å²) in [5, 5.41) is 7.42. The number of hydrogen-bond donors (Lipinski definition) is 2. The van der Waals surface area contributed by atoms with Crippen molar-refractivity contribution in [2.75, 3.05) is 24.7 Å². The highest BCUT2D eigenvalue weighted by Crippen LogP contribution is 2.27. The molecular weight excluding hydrogens is 224 g/mol. The fourth-order valence-electron chi connectivity index (χ4n) is 1.60. The zero-order chi connectivity index (χ0) is 13.1. The van der Waals surface area contributed by atoms with Crippen LogP contribution in [0.3, 0.4) is 0 Å². The minimum Gasteiger partial charge on any atom is -0.397 e. The maximum absolute atomic E-state index is 7.42. The Kier molecular flexibility index (Phi) is 3.28. The van der Waals surface area contributed by atoms with Gasteiger partial charge in [-0.25, -0.2) is 4.99 Å². The Labute approximate surface area is 107 Å². The van der Waals surface area contributed by atoms with Gasteiger partial charge in [0.15, 0.2) is 0 Å². The highest BCUT2D eigenvalue weighted by atomic mass is 15.1. The molecule has 0 saturated carbocycles. The normalized spacial score (nSPS) is 13.9. The zero-order valence-corrected chi connectivity index (χ0v) is 10.5. The van der Waals surface area contributed by atoms with Crippen LogP contribution in [0.5, 0.6) is 0 Å². The topological polar surface area (TPSA) is 65.5 Å². The highest BCUT2D eigenvalue weighted by Gasteiger charge is 2.03. The van der Waals surface area contributed by atoms with Crippen molar-refractivity contribution in [1.29, 1.82) is 5.41 Å². The van der Waals surface area contributed by atoms with Gasteiger partial charge in [0.25, 0.3) is 0 Å². The molecule has 0 radical (unpaired) electrons. The number of nitrogens with zero attached hydrogens (tertiary/aromatic N) is 2. The van der Waals surface area contributed by atoms with E-state index in [1.165, 1.54) is 0 Å². The summed E-state index contributed by atoms with van der Waals surface area (Å²) in [4.78, 5) is 6.45. The van der Waals surface area contributed by atoms with E-state index in [-0.39, 0.29) is 0 Å². The molecule has 0 heterocycles. The van der Waals surface area contributed by atoms with E-state index >= 15 is 0 Å². The number of anilines is 2. The average molecular weight is 240 g/mol. The van der Waals surface area contributed by atoms with E-state index in [4.69, 9.17) is 11.1 Å². The van der Waals surface area contributed by atoms with Crippen LogP contribution >= 0.6 is 0 Å². The quantitative estimate of drug-likeness (QED) is 0.616. The van der Waals surface area contributed by atoms with E-state index in [0.29, 0.717) is 11.4 Å². The van der Waals surface area contributed by atoms with Crippen LogP contribution in [-0.4, -0.2) is 25.5 Å². The van der Waals surface area contributed by atoms with Crippen LogP contribution in [0.25, 0.3) is 0 Å². The first-order valence-corrected chi connectivity index (χ1v) is 5.66. The molecule has 0 aromatic heterocycles. The predicted molar refractivity (Wildman–Crippen MR) is 78.3 cm³/mol. The Balaban J connectivity index is 2.30. The maximum atomic E-state index is 7.42. The Morgan fingerprint density at radius 3 is 2.33 bits per heavy atom. The summed E-state index contributed by atoms with van der Waals surface area (Å²) in [5.74, 6) is 0. The lowest BCUT2D eigenvalue weighted by molar-refractivity contribution is 1.13. The summed E-state index contributed by atoms with van der Waals surface area (Å²) in [6.07, 6.45) is 7.04. The van der Waals surface area contributed by atoms with Gasteiger partial charge >= 0.3 is 0 Å². The first-order valence-electron chi connectivity index (χ1n) is 5.66. The molecule has 1 aliphatic carbocycles. The number of rotatable bonds is 2. The smallest absolute Gasteiger partial charge is 0.0867 e. The number of aliphatic imine (C=N–C) groups is 1. The number of hydrogen-bond acceptors (Lipinski definition) is 4. The number of benzene rings is 1. The van der Waals surface area contributed by atoms with Gasteiger partial charge in [-0.1, -0.05) is 0 Å². The van der Waals surface area contributed by atoms with Gasteiger partial charge in [0, 0.05) is 19.8 Å². The van der Waals surface area contributed by atoms with E-state index in [2.05, 4.69) is 4.99 Å². The monoisotopic (exact) mass is 240 g/mol. The summed E-state index contributed by atoms with van der Waals surface area (Å²) < 4.78 is 0. The van der Waals surface area contributed by atoms with Gasteiger partial charge in [0.1, 0.15) is 0 Å². The van der Waals surface area contributed by atoms with Crippen LogP contribution in [0.4, 0.5) is 17.1 Å². The molecule has 3 N–H and O–H groups in total. The van der Waals surface area contributed by atoms with Crippen molar-refractivity contribution in [3.63, 3.8) is 0 Å². The second-order valence-corrected chi connectivity index (χ2v) is 4.30. The standard InChI is InChI=1S/C14H16N4/c1-18(2)12-7-8-14(13(16)9-12)17-11-5-3-10(15)4-6-11/h3-9,15H,16H2,1-2H3. The molecule has 4 heteroatoms. The molecule has 0 aliphatic heterocycles. The van der Waals surface area contributed by atoms with E-state index < -0.39 is 0 Å². The van der Waals surface area contributed by atoms with Crippen LogP contribution in [0, 0.1) is 5.41 Å². The number of allylic oxidation sites excluding steroid dienone is 4. The Morgan fingerprint density at radius 2 is 1.78 bits per heavy atom. The Bertz CT molecular complexity index is 547. The molecule has 0 fully saturated rings. The third kappa shape index (κ3) is 2.66. The first-order chi connectivity index (χ1) is 8.56. The van der Waals surface area contributed by atoms with Crippen molar-refractivity contribution in [2.45, 2.75) is 0 Å². The summed E-state index contributed by atoms with van der Waals surface area (Å²) in [6, 6.07) is 5.78. The summed E-state index contributed by atoms with van der Waals surface area (Å²) in [7, 11) is 3.94. The van der Waals surface area contributed by atoms with E-state index in [0.717, 1.165) is 17.1 Å². The molecule has 18 heavy (non-hydrogen) atoms. The van der Waals surface area contributed by atoms with Gasteiger partial charge in [-0.05, 0) is 42.5 Å². The molecule has 0 spiro atoms. The maximum Gasteiger partial charge on any atom is 0.0867 e. The molecule has 2 rings (SSSR count). The molecule has 1 aliphatic rings. The third-order valence-corrected chi connectivity index (χ3v) is 2.64. The van der Waals surface area contributed by atoms with Crippen LogP contribution in [-0.2, 0) is 0 Å². The molecule has 0 saturated heterocycles. The lowest BCUT2D eigenvalue weighted by Crippen LogP contribution is -2.08. The fraction of sp³-hybridized carbons (Fsp3) is 0.143. The molecule has 1 aromatic carbocycles. The van der Waals surface area contributed by atoms with Crippen LogP contribution in [0.2, 0.25) is 0 Å².